The second-order valence-corrected chi connectivity index (χ2v) is 7.19. The number of rotatable bonds is 7. The Kier molecular flexibility index (Phi) is 6.27. The third-order valence-corrected chi connectivity index (χ3v) is 5.12. The highest BCUT2D eigenvalue weighted by atomic mass is 35.5. The van der Waals surface area contributed by atoms with Crippen molar-refractivity contribution in [3.63, 3.8) is 0 Å². The first-order valence-electron chi connectivity index (χ1n) is 8.89. The molecule has 1 heterocycles. The number of benzene rings is 2. The molecule has 5 nitrogen and oxygen atoms in total. The Morgan fingerprint density at radius 3 is 2.36 bits per heavy atom. The zero-order valence-electron chi connectivity index (χ0n) is 15.2. The fourth-order valence-electron chi connectivity index (χ4n) is 3.00. The number of fused-ring (bicyclic) bond motifs is 1. The van der Waals surface area contributed by atoms with E-state index in [1.165, 1.54) is 16.7 Å². The van der Waals surface area contributed by atoms with Crippen LogP contribution in [0.1, 0.15) is 35.8 Å². The van der Waals surface area contributed by atoms with Crippen molar-refractivity contribution in [1.29, 1.82) is 0 Å². The number of carboxylic acid groups (broad SMARTS) is 1. The molecule has 3 aromatic rings. The quantitative estimate of drug-likeness (QED) is 0.532. The zero-order chi connectivity index (χ0) is 20.3. The highest BCUT2D eigenvalue weighted by Gasteiger charge is 2.24. The van der Waals surface area contributed by atoms with Crippen LogP contribution in [0.5, 0.6) is 5.75 Å². The summed E-state index contributed by atoms with van der Waals surface area (Å²) in [7, 11) is 0. The molecule has 0 fully saturated rings. The van der Waals surface area contributed by atoms with Crippen LogP contribution in [-0.4, -0.2) is 22.2 Å². The van der Waals surface area contributed by atoms with E-state index in [4.69, 9.17) is 27.9 Å². The summed E-state index contributed by atoms with van der Waals surface area (Å²) in [6.07, 6.45) is 1.64. The normalized spacial score (nSPS) is 11.0. The van der Waals surface area contributed by atoms with Gasteiger partial charge in [-0.15, -0.1) is 0 Å². The van der Waals surface area contributed by atoms with Crippen LogP contribution in [0.25, 0.3) is 10.8 Å². The van der Waals surface area contributed by atoms with Crippen molar-refractivity contribution >= 4 is 39.9 Å². The lowest BCUT2D eigenvalue weighted by molar-refractivity contribution is 0.0679. The highest BCUT2D eigenvalue weighted by Crippen LogP contribution is 2.34. The third kappa shape index (κ3) is 4.01. The molecule has 0 spiro atoms. The first kappa shape index (κ1) is 20.2. The minimum Gasteiger partial charge on any atom is -0.490 e. The summed E-state index contributed by atoms with van der Waals surface area (Å²) < 4.78 is 7.05. The molecular weight excluding hydrogens is 401 g/mol. The van der Waals surface area contributed by atoms with E-state index in [9.17, 15) is 14.7 Å². The Morgan fingerprint density at radius 2 is 1.75 bits per heavy atom. The molecule has 0 saturated heterocycles. The minimum absolute atomic E-state index is 0.0988. The van der Waals surface area contributed by atoms with Crippen LogP contribution in [0.2, 0.25) is 10.0 Å². The molecule has 1 aromatic heterocycles. The SMILES string of the molecule is CCCCOc1c(C(=O)O)n(Cc2ccccc2)c(=O)c2cc(Cl)c(Cl)cc12. The number of hydrogen-bond acceptors (Lipinski definition) is 3. The average Bonchev–Trinajstić information content (AvgIpc) is 2.67. The van der Waals surface area contributed by atoms with Gasteiger partial charge in [-0.25, -0.2) is 4.79 Å². The predicted molar refractivity (Wildman–Crippen MR) is 111 cm³/mol. The summed E-state index contributed by atoms with van der Waals surface area (Å²) in [5.74, 6) is -1.11. The van der Waals surface area contributed by atoms with Crippen LogP contribution in [0.3, 0.4) is 0 Å². The summed E-state index contributed by atoms with van der Waals surface area (Å²) in [6, 6.07) is 12.1. The number of hydrogen-bond donors (Lipinski definition) is 1. The molecule has 28 heavy (non-hydrogen) atoms. The van der Waals surface area contributed by atoms with Gasteiger partial charge in [0.25, 0.3) is 5.56 Å². The van der Waals surface area contributed by atoms with Crippen LogP contribution in [0.4, 0.5) is 0 Å². The van der Waals surface area contributed by atoms with E-state index in [0.717, 1.165) is 18.4 Å². The summed E-state index contributed by atoms with van der Waals surface area (Å²) in [5.41, 5.74) is 0.138. The Bertz CT molecular complexity index is 1080. The average molecular weight is 420 g/mol. The predicted octanol–water partition coefficient (Wildman–Crippen LogP) is 5.23. The van der Waals surface area contributed by atoms with Crippen molar-refractivity contribution in [1.82, 2.24) is 4.57 Å². The summed E-state index contributed by atoms with van der Waals surface area (Å²) in [6.45, 7) is 2.43. The molecule has 0 amide bonds. The lowest BCUT2D eigenvalue weighted by atomic mass is 10.1. The van der Waals surface area contributed by atoms with Gasteiger partial charge < -0.3 is 9.84 Å². The van der Waals surface area contributed by atoms with E-state index in [1.54, 1.807) is 0 Å². The van der Waals surface area contributed by atoms with Crippen molar-refractivity contribution in [3.05, 3.63) is 74.1 Å². The summed E-state index contributed by atoms with van der Waals surface area (Å²) in [4.78, 5) is 25.3. The fraction of sp³-hybridized carbons (Fsp3) is 0.238. The number of pyridine rings is 1. The number of aromatic nitrogens is 1. The van der Waals surface area contributed by atoms with E-state index in [-0.39, 0.29) is 33.4 Å². The van der Waals surface area contributed by atoms with Gasteiger partial charge in [0.2, 0.25) is 0 Å². The second kappa shape index (κ2) is 8.67. The van der Waals surface area contributed by atoms with Gasteiger partial charge in [-0.05, 0) is 24.1 Å². The van der Waals surface area contributed by atoms with Crippen LogP contribution in [0.15, 0.2) is 47.3 Å². The molecule has 0 aliphatic heterocycles. The van der Waals surface area contributed by atoms with Crippen LogP contribution in [-0.2, 0) is 6.54 Å². The molecule has 0 unspecified atom stereocenters. The fourth-order valence-corrected chi connectivity index (χ4v) is 3.33. The molecule has 3 rings (SSSR count). The van der Waals surface area contributed by atoms with Crippen molar-refractivity contribution < 1.29 is 14.6 Å². The molecule has 146 valence electrons. The monoisotopic (exact) mass is 419 g/mol. The maximum Gasteiger partial charge on any atom is 0.356 e. The first-order chi connectivity index (χ1) is 13.4. The van der Waals surface area contributed by atoms with Crippen molar-refractivity contribution in [2.75, 3.05) is 6.61 Å². The number of unbranched alkanes of at least 4 members (excludes halogenated alkanes) is 1. The van der Waals surface area contributed by atoms with E-state index >= 15 is 0 Å². The second-order valence-electron chi connectivity index (χ2n) is 6.37. The Balaban J connectivity index is 2.32. The smallest absolute Gasteiger partial charge is 0.356 e. The van der Waals surface area contributed by atoms with Crippen LogP contribution in [0, 0.1) is 0 Å². The van der Waals surface area contributed by atoms with Gasteiger partial charge >= 0.3 is 5.97 Å². The number of halogens is 2. The Labute approximate surface area is 172 Å². The van der Waals surface area contributed by atoms with Crippen molar-refractivity contribution in [3.8, 4) is 5.75 Å². The standard InChI is InChI=1S/C21H19Cl2NO4/c1-2-3-9-28-19-14-10-16(22)17(23)11-15(14)20(25)24(18(19)21(26)27)12-13-7-5-4-6-8-13/h4-8,10-11H,2-3,9,12H2,1H3,(H,26,27). The lowest BCUT2D eigenvalue weighted by Gasteiger charge is -2.18. The molecule has 1 N–H and O–H groups in total. The highest BCUT2D eigenvalue weighted by molar-refractivity contribution is 6.42. The molecule has 0 atom stereocenters. The van der Waals surface area contributed by atoms with Gasteiger partial charge in [0.05, 0.1) is 28.6 Å². The van der Waals surface area contributed by atoms with E-state index in [0.29, 0.717) is 12.0 Å². The van der Waals surface area contributed by atoms with Crippen LogP contribution < -0.4 is 10.3 Å². The third-order valence-electron chi connectivity index (χ3n) is 4.40. The zero-order valence-corrected chi connectivity index (χ0v) is 16.8. The van der Waals surface area contributed by atoms with Crippen molar-refractivity contribution in [2.45, 2.75) is 26.3 Å². The van der Waals surface area contributed by atoms with Gasteiger partial charge in [0.1, 0.15) is 0 Å². The molecule has 0 bridgehead atoms. The van der Waals surface area contributed by atoms with Gasteiger partial charge in [-0.1, -0.05) is 66.9 Å². The Morgan fingerprint density at radius 1 is 1.11 bits per heavy atom. The summed E-state index contributed by atoms with van der Waals surface area (Å²) in [5, 5.41) is 11.0. The van der Waals surface area contributed by atoms with E-state index in [2.05, 4.69) is 0 Å². The van der Waals surface area contributed by atoms with Crippen LogP contribution >= 0.6 is 23.2 Å². The summed E-state index contributed by atoms with van der Waals surface area (Å²) >= 11 is 12.2. The first-order valence-corrected chi connectivity index (χ1v) is 9.65. The largest absolute Gasteiger partial charge is 0.490 e. The number of ether oxygens (including phenoxy) is 1. The minimum atomic E-state index is -1.24. The van der Waals surface area contributed by atoms with Gasteiger partial charge in [0, 0.05) is 5.39 Å². The van der Waals surface area contributed by atoms with E-state index in [1.807, 2.05) is 37.3 Å². The Hall–Kier alpha value is -2.50. The molecule has 0 saturated carbocycles. The molecule has 0 aliphatic carbocycles. The molecular formula is C21H19Cl2NO4. The lowest BCUT2D eigenvalue weighted by Crippen LogP contribution is -2.28. The molecule has 0 radical (unpaired) electrons. The van der Waals surface area contributed by atoms with Gasteiger partial charge in [-0.2, -0.15) is 0 Å². The molecule has 0 aliphatic rings. The molecule has 2 aromatic carbocycles. The number of carboxylic acids is 1. The topological polar surface area (TPSA) is 68.5 Å². The maximum atomic E-state index is 13.1. The number of nitrogens with zero attached hydrogens (tertiary/aromatic N) is 1. The number of carbonyl (C=O) groups is 1. The molecule has 7 heteroatoms. The van der Waals surface area contributed by atoms with Gasteiger partial charge in [-0.3, -0.25) is 9.36 Å². The van der Waals surface area contributed by atoms with Gasteiger partial charge in [0.15, 0.2) is 11.4 Å². The van der Waals surface area contributed by atoms with E-state index < -0.39 is 11.5 Å². The van der Waals surface area contributed by atoms with Crippen molar-refractivity contribution in [2.24, 2.45) is 0 Å². The number of aromatic carboxylic acids is 1. The maximum absolute atomic E-state index is 13.1.